The van der Waals surface area contributed by atoms with E-state index in [1.807, 2.05) is 30.3 Å². The molecule has 1 unspecified atom stereocenters. The van der Waals surface area contributed by atoms with E-state index < -0.39 is 17.9 Å². The van der Waals surface area contributed by atoms with Crippen molar-refractivity contribution in [1.82, 2.24) is 5.32 Å². The molecule has 2 aromatic carbocycles. The number of ether oxygens (including phenoxy) is 2. The van der Waals surface area contributed by atoms with Crippen LogP contribution in [0.1, 0.15) is 36.2 Å². The van der Waals surface area contributed by atoms with Gasteiger partial charge in [-0.2, -0.15) is 0 Å². The second-order valence-electron chi connectivity index (χ2n) is 7.14. The zero-order chi connectivity index (χ0) is 21.4. The Balaban J connectivity index is 2.16. The Hall–Kier alpha value is -2.73. The smallest absolute Gasteiger partial charge is 0.252 e. The largest absolute Gasteiger partial charge is 0.493 e. The molecule has 3 N–H and O–H groups in total. The molecule has 0 saturated heterocycles. The SMILES string of the molecule is COc1cc(C(=O)NC(Cc2ccccc2)C(N)=O)cc(Cl)c1OCCC(C)C. The maximum absolute atomic E-state index is 12.7. The van der Waals surface area contributed by atoms with Gasteiger partial charge in [-0.15, -0.1) is 0 Å². The van der Waals surface area contributed by atoms with Crippen molar-refractivity contribution in [3.05, 3.63) is 58.6 Å². The quantitative estimate of drug-likeness (QED) is 0.616. The highest BCUT2D eigenvalue weighted by Gasteiger charge is 2.22. The van der Waals surface area contributed by atoms with Gasteiger partial charge in [-0.05, 0) is 30.0 Å². The summed E-state index contributed by atoms with van der Waals surface area (Å²) in [5, 5.41) is 2.93. The molecule has 7 heteroatoms. The van der Waals surface area contributed by atoms with Crippen LogP contribution in [0.3, 0.4) is 0 Å². The number of benzene rings is 2. The summed E-state index contributed by atoms with van der Waals surface area (Å²) in [5.74, 6) is 0.139. The maximum Gasteiger partial charge on any atom is 0.252 e. The van der Waals surface area contributed by atoms with Gasteiger partial charge in [0, 0.05) is 12.0 Å². The van der Waals surface area contributed by atoms with E-state index in [0.29, 0.717) is 30.4 Å². The first kappa shape index (κ1) is 22.6. The molecular formula is C22H27ClN2O4. The lowest BCUT2D eigenvalue weighted by Crippen LogP contribution is -2.45. The van der Waals surface area contributed by atoms with Crippen LogP contribution < -0.4 is 20.5 Å². The van der Waals surface area contributed by atoms with Gasteiger partial charge < -0.3 is 20.5 Å². The van der Waals surface area contributed by atoms with Crippen molar-refractivity contribution in [3.8, 4) is 11.5 Å². The predicted molar refractivity (Wildman–Crippen MR) is 114 cm³/mol. The molecule has 2 aromatic rings. The van der Waals surface area contributed by atoms with Crippen molar-refractivity contribution in [2.45, 2.75) is 32.7 Å². The van der Waals surface area contributed by atoms with E-state index in [1.54, 1.807) is 0 Å². The van der Waals surface area contributed by atoms with Crippen LogP contribution in [-0.4, -0.2) is 31.6 Å². The minimum atomic E-state index is -0.850. The normalized spacial score (nSPS) is 11.8. The Morgan fingerprint density at radius 1 is 1.17 bits per heavy atom. The van der Waals surface area contributed by atoms with Crippen molar-refractivity contribution >= 4 is 23.4 Å². The summed E-state index contributed by atoms with van der Waals surface area (Å²) < 4.78 is 11.1. The Kier molecular flexibility index (Phi) is 8.34. The van der Waals surface area contributed by atoms with Gasteiger partial charge in [-0.25, -0.2) is 0 Å². The summed E-state index contributed by atoms with van der Waals surface area (Å²) >= 11 is 6.32. The van der Waals surface area contributed by atoms with E-state index in [9.17, 15) is 9.59 Å². The van der Waals surface area contributed by atoms with Gasteiger partial charge in [0.1, 0.15) is 6.04 Å². The first-order valence-electron chi connectivity index (χ1n) is 9.46. The molecule has 0 fully saturated rings. The van der Waals surface area contributed by atoms with E-state index in [2.05, 4.69) is 19.2 Å². The fourth-order valence-corrected chi connectivity index (χ4v) is 2.97. The highest BCUT2D eigenvalue weighted by Crippen LogP contribution is 2.36. The van der Waals surface area contributed by atoms with Crippen LogP contribution in [0.4, 0.5) is 0 Å². The summed E-state index contributed by atoms with van der Waals surface area (Å²) in [5.41, 5.74) is 6.62. The van der Waals surface area contributed by atoms with Crippen LogP contribution in [0, 0.1) is 5.92 Å². The molecule has 29 heavy (non-hydrogen) atoms. The van der Waals surface area contributed by atoms with Crippen molar-refractivity contribution in [2.75, 3.05) is 13.7 Å². The number of rotatable bonds is 10. The molecule has 2 rings (SSSR count). The van der Waals surface area contributed by atoms with Crippen LogP contribution in [0.15, 0.2) is 42.5 Å². The molecule has 0 spiro atoms. The van der Waals surface area contributed by atoms with E-state index in [1.165, 1.54) is 19.2 Å². The zero-order valence-electron chi connectivity index (χ0n) is 16.9. The number of nitrogens with one attached hydrogen (secondary N) is 1. The summed E-state index contributed by atoms with van der Waals surface area (Å²) in [4.78, 5) is 24.5. The van der Waals surface area contributed by atoms with Gasteiger partial charge in [0.05, 0.1) is 18.7 Å². The average molecular weight is 419 g/mol. The minimum Gasteiger partial charge on any atom is -0.493 e. The summed E-state index contributed by atoms with van der Waals surface area (Å²) in [6, 6.07) is 11.5. The van der Waals surface area contributed by atoms with Crippen LogP contribution in [0.5, 0.6) is 11.5 Å². The molecule has 0 radical (unpaired) electrons. The molecule has 2 amide bonds. The number of nitrogens with two attached hydrogens (primary N) is 1. The van der Waals surface area contributed by atoms with Crippen LogP contribution >= 0.6 is 11.6 Å². The highest BCUT2D eigenvalue weighted by atomic mass is 35.5. The Morgan fingerprint density at radius 2 is 1.86 bits per heavy atom. The molecule has 0 aliphatic heterocycles. The number of amides is 2. The molecular weight excluding hydrogens is 392 g/mol. The second-order valence-corrected chi connectivity index (χ2v) is 7.55. The predicted octanol–water partition coefficient (Wildman–Crippen LogP) is 3.60. The van der Waals surface area contributed by atoms with Gasteiger partial charge in [-0.1, -0.05) is 55.8 Å². The van der Waals surface area contributed by atoms with Gasteiger partial charge in [-0.3, -0.25) is 9.59 Å². The summed E-state index contributed by atoms with van der Waals surface area (Å²) in [6.45, 7) is 4.68. The highest BCUT2D eigenvalue weighted by molar-refractivity contribution is 6.32. The molecule has 1 atom stereocenters. The van der Waals surface area contributed by atoms with Gasteiger partial charge in [0.25, 0.3) is 5.91 Å². The molecule has 0 bridgehead atoms. The molecule has 0 aliphatic rings. The maximum atomic E-state index is 12.7. The number of carbonyl (C=O) groups excluding carboxylic acids is 2. The first-order chi connectivity index (χ1) is 13.8. The number of methoxy groups -OCH3 is 1. The third-order valence-electron chi connectivity index (χ3n) is 4.36. The van der Waals surface area contributed by atoms with E-state index >= 15 is 0 Å². The third-order valence-corrected chi connectivity index (χ3v) is 4.65. The van der Waals surface area contributed by atoms with Crippen LogP contribution in [0.2, 0.25) is 5.02 Å². The molecule has 156 valence electrons. The van der Waals surface area contributed by atoms with Crippen molar-refractivity contribution < 1.29 is 19.1 Å². The number of halogens is 1. The van der Waals surface area contributed by atoms with Crippen molar-refractivity contribution in [2.24, 2.45) is 11.7 Å². The van der Waals surface area contributed by atoms with Gasteiger partial charge in [0.15, 0.2) is 11.5 Å². The van der Waals surface area contributed by atoms with E-state index in [-0.39, 0.29) is 10.6 Å². The summed E-state index contributed by atoms with van der Waals surface area (Å²) in [6.07, 6.45) is 1.16. The average Bonchev–Trinajstić information content (AvgIpc) is 2.68. The lowest BCUT2D eigenvalue weighted by molar-refractivity contribution is -0.119. The number of hydrogen-bond acceptors (Lipinski definition) is 4. The van der Waals surface area contributed by atoms with Gasteiger partial charge >= 0.3 is 0 Å². The minimum absolute atomic E-state index is 0.252. The third kappa shape index (κ3) is 6.68. The first-order valence-corrected chi connectivity index (χ1v) is 9.84. The van der Waals surface area contributed by atoms with E-state index in [0.717, 1.165) is 12.0 Å². The fourth-order valence-electron chi connectivity index (χ4n) is 2.70. The monoisotopic (exact) mass is 418 g/mol. The second kappa shape index (κ2) is 10.7. The molecule has 0 aliphatic carbocycles. The molecule has 6 nitrogen and oxygen atoms in total. The lowest BCUT2D eigenvalue weighted by Gasteiger charge is -2.18. The Labute approximate surface area is 176 Å². The molecule has 0 saturated carbocycles. The fraction of sp³-hybridized carbons (Fsp3) is 0.364. The number of primary amides is 1. The van der Waals surface area contributed by atoms with Crippen LogP contribution in [-0.2, 0) is 11.2 Å². The van der Waals surface area contributed by atoms with E-state index in [4.69, 9.17) is 26.8 Å². The van der Waals surface area contributed by atoms with Crippen LogP contribution in [0.25, 0.3) is 0 Å². The number of carbonyl (C=O) groups is 2. The molecule has 0 aromatic heterocycles. The van der Waals surface area contributed by atoms with Gasteiger partial charge in [0.2, 0.25) is 5.91 Å². The standard InChI is InChI=1S/C22H27ClN2O4/c1-14(2)9-10-29-20-17(23)12-16(13-19(20)28-3)22(27)25-18(21(24)26)11-15-7-5-4-6-8-15/h4-8,12-14,18H,9-11H2,1-3H3,(H2,24,26)(H,25,27). The summed E-state index contributed by atoms with van der Waals surface area (Å²) in [7, 11) is 1.48. The lowest BCUT2D eigenvalue weighted by atomic mass is 10.0. The Bertz CT molecular complexity index is 840. The number of hydrogen-bond donors (Lipinski definition) is 2. The zero-order valence-corrected chi connectivity index (χ0v) is 17.7. The van der Waals surface area contributed by atoms with Crippen molar-refractivity contribution in [3.63, 3.8) is 0 Å². The molecule has 0 heterocycles. The Morgan fingerprint density at radius 3 is 2.45 bits per heavy atom. The topological polar surface area (TPSA) is 90.6 Å². The van der Waals surface area contributed by atoms with Crippen molar-refractivity contribution in [1.29, 1.82) is 0 Å².